The molecule has 21 heavy (non-hydrogen) atoms. The Morgan fingerprint density at radius 2 is 2.05 bits per heavy atom. The first-order chi connectivity index (χ1) is 9.87. The highest BCUT2D eigenvalue weighted by atomic mass is 32.2. The predicted octanol–water partition coefficient (Wildman–Crippen LogP) is 0.652. The molecule has 116 valence electrons. The minimum Gasteiger partial charge on any atom is -0.387 e. The van der Waals surface area contributed by atoms with Crippen LogP contribution in [0.3, 0.4) is 0 Å². The number of aliphatic hydroxyl groups excluding tert-OH is 1. The van der Waals surface area contributed by atoms with Gasteiger partial charge in [-0.25, -0.2) is 8.42 Å². The molecular formula is C13H18N2O5S. The van der Waals surface area contributed by atoms with E-state index in [2.05, 4.69) is 5.32 Å². The number of nitro benzene ring substituents is 1. The predicted molar refractivity (Wildman–Crippen MR) is 77.7 cm³/mol. The van der Waals surface area contributed by atoms with Crippen LogP contribution in [0.4, 0.5) is 5.69 Å². The van der Waals surface area contributed by atoms with Crippen molar-refractivity contribution in [3.05, 3.63) is 39.9 Å². The van der Waals surface area contributed by atoms with Crippen molar-refractivity contribution in [2.45, 2.75) is 12.5 Å². The number of sulfone groups is 1. The summed E-state index contributed by atoms with van der Waals surface area (Å²) in [5, 5.41) is 23.6. The number of rotatable bonds is 6. The lowest BCUT2D eigenvalue weighted by Gasteiger charge is -2.14. The molecule has 1 aromatic rings. The maximum atomic E-state index is 11.3. The number of nitrogens with one attached hydrogen (secondary N) is 1. The fourth-order valence-electron chi connectivity index (χ4n) is 2.39. The zero-order valence-electron chi connectivity index (χ0n) is 11.4. The molecule has 0 spiro atoms. The molecule has 1 saturated heterocycles. The normalized spacial score (nSPS) is 22.0. The van der Waals surface area contributed by atoms with E-state index in [0.29, 0.717) is 18.5 Å². The lowest BCUT2D eigenvalue weighted by molar-refractivity contribution is -0.384. The molecular weight excluding hydrogens is 296 g/mol. The summed E-state index contributed by atoms with van der Waals surface area (Å²) in [6.45, 7) is 0.831. The van der Waals surface area contributed by atoms with E-state index in [0.717, 1.165) is 0 Å². The molecule has 1 heterocycles. The molecule has 0 saturated carbocycles. The number of benzene rings is 1. The van der Waals surface area contributed by atoms with E-state index in [1.54, 1.807) is 0 Å². The van der Waals surface area contributed by atoms with Crippen molar-refractivity contribution < 1.29 is 18.4 Å². The zero-order chi connectivity index (χ0) is 15.5. The SMILES string of the molecule is O=[N+]([O-])c1ccc(C(O)CNCC2CCS(=O)(=O)C2)cc1. The molecule has 0 bridgehead atoms. The van der Waals surface area contributed by atoms with Crippen molar-refractivity contribution >= 4 is 15.5 Å². The summed E-state index contributed by atoms with van der Waals surface area (Å²) >= 11 is 0. The first-order valence-electron chi connectivity index (χ1n) is 6.71. The van der Waals surface area contributed by atoms with Crippen molar-refractivity contribution in [1.29, 1.82) is 0 Å². The highest BCUT2D eigenvalue weighted by Gasteiger charge is 2.27. The smallest absolute Gasteiger partial charge is 0.269 e. The van der Waals surface area contributed by atoms with Gasteiger partial charge in [0.15, 0.2) is 9.84 Å². The van der Waals surface area contributed by atoms with Crippen LogP contribution in [0.5, 0.6) is 0 Å². The van der Waals surface area contributed by atoms with E-state index in [4.69, 9.17) is 0 Å². The van der Waals surface area contributed by atoms with E-state index in [1.807, 2.05) is 0 Å². The van der Waals surface area contributed by atoms with Crippen LogP contribution in [0.2, 0.25) is 0 Å². The summed E-state index contributed by atoms with van der Waals surface area (Å²) in [7, 11) is -2.88. The number of nitrogens with zero attached hydrogens (tertiary/aromatic N) is 1. The Kier molecular flexibility index (Phi) is 4.92. The van der Waals surface area contributed by atoms with Crippen molar-refractivity contribution in [2.24, 2.45) is 5.92 Å². The Hall–Kier alpha value is -1.51. The molecule has 7 nitrogen and oxygen atoms in total. The van der Waals surface area contributed by atoms with Crippen LogP contribution in [0.15, 0.2) is 24.3 Å². The Morgan fingerprint density at radius 3 is 2.57 bits per heavy atom. The molecule has 2 rings (SSSR count). The fourth-order valence-corrected chi connectivity index (χ4v) is 4.26. The summed E-state index contributed by atoms with van der Waals surface area (Å²) in [5.41, 5.74) is 0.571. The molecule has 0 amide bonds. The van der Waals surface area contributed by atoms with Gasteiger partial charge in [-0.2, -0.15) is 0 Å². The second-order valence-electron chi connectivity index (χ2n) is 5.29. The Labute approximate surface area is 123 Å². The lowest BCUT2D eigenvalue weighted by Crippen LogP contribution is -2.28. The number of hydrogen-bond acceptors (Lipinski definition) is 6. The fraction of sp³-hybridized carbons (Fsp3) is 0.538. The summed E-state index contributed by atoms with van der Waals surface area (Å²) in [5.74, 6) is 0.539. The van der Waals surface area contributed by atoms with Crippen LogP contribution >= 0.6 is 0 Å². The van der Waals surface area contributed by atoms with Crippen molar-refractivity contribution in [1.82, 2.24) is 5.32 Å². The first kappa shape index (κ1) is 15.9. The molecule has 1 aliphatic rings. The Balaban J connectivity index is 1.79. The van der Waals surface area contributed by atoms with Gasteiger partial charge in [0.05, 0.1) is 22.5 Å². The molecule has 1 aromatic carbocycles. The van der Waals surface area contributed by atoms with E-state index in [9.17, 15) is 23.6 Å². The number of hydrogen-bond donors (Lipinski definition) is 2. The number of nitro groups is 1. The van der Waals surface area contributed by atoms with E-state index >= 15 is 0 Å². The van der Waals surface area contributed by atoms with Crippen molar-refractivity contribution in [3.8, 4) is 0 Å². The van der Waals surface area contributed by atoms with Crippen LogP contribution in [-0.4, -0.2) is 43.0 Å². The van der Waals surface area contributed by atoms with Gasteiger partial charge in [0.1, 0.15) is 0 Å². The minimum atomic E-state index is -2.88. The van der Waals surface area contributed by atoms with Crippen LogP contribution in [-0.2, 0) is 9.84 Å². The third kappa shape index (κ3) is 4.48. The second kappa shape index (κ2) is 6.50. The average Bonchev–Trinajstić information content (AvgIpc) is 2.78. The van der Waals surface area contributed by atoms with Crippen molar-refractivity contribution in [2.75, 3.05) is 24.6 Å². The quantitative estimate of drug-likeness (QED) is 0.589. The molecule has 8 heteroatoms. The second-order valence-corrected chi connectivity index (χ2v) is 7.52. The maximum Gasteiger partial charge on any atom is 0.269 e. The lowest BCUT2D eigenvalue weighted by atomic mass is 10.1. The van der Waals surface area contributed by atoms with Gasteiger partial charge in [0.2, 0.25) is 0 Å². The summed E-state index contributed by atoms with van der Waals surface area (Å²) < 4.78 is 22.6. The molecule has 2 N–H and O–H groups in total. The van der Waals surface area contributed by atoms with Gasteiger partial charge in [-0.1, -0.05) is 0 Å². The first-order valence-corrected chi connectivity index (χ1v) is 8.53. The Bertz CT molecular complexity index is 599. The monoisotopic (exact) mass is 314 g/mol. The molecule has 0 radical (unpaired) electrons. The summed E-state index contributed by atoms with van der Waals surface area (Å²) in [4.78, 5) is 10.0. The van der Waals surface area contributed by atoms with Gasteiger partial charge in [-0.15, -0.1) is 0 Å². The van der Waals surface area contributed by atoms with Gasteiger partial charge in [-0.3, -0.25) is 10.1 Å². The molecule has 1 fully saturated rings. The van der Waals surface area contributed by atoms with Crippen LogP contribution < -0.4 is 5.32 Å². The van der Waals surface area contributed by atoms with E-state index < -0.39 is 20.9 Å². The molecule has 1 aliphatic heterocycles. The van der Waals surface area contributed by atoms with Gasteiger partial charge >= 0.3 is 0 Å². The Morgan fingerprint density at radius 1 is 1.38 bits per heavy atom. The third-order valence-corrected chi connectivity index (χ3v) is 5.42. The van der Waals surface area contributed by atoms with Crippen LogP contribution in [0.1, 0.15) is 18.1 Å². The van der Waals surface area contributed by atoms with Gasteiger partial charge < -0.3 is 10.4 Å². The highest BCUT2D eigenvalue weighted by Crippen LogP contribution is 2.19. The standard InChI is InChI=1S/C13H18N2O5S/c16-13(11-1-3-12(4-2-11)15(17)18)8-14-7-10-5-6-21(19,20)9-10/h1-4,10,13-14,16H,5-9H2. The topological polar surface area (TPSA) is 110 Å². The van der Waals surface area contributed by atoms with Gasteiger partial charge in [0, 0.05) is 18.7 Å². The molecule has 0 aromatic heterocycles. The van der Waals surface area contributed by atoms with Crippen LogP contribution in [0, 0.1) is 16.0 Å². The number of aliphatic hydroxyl groups is 1. The summed E-state index contributed by atoms with van der Waals surface area (Å²) in [6.07, 6.45) is -0.119. The average molecular weight is 314 g/mol. The van der Waals surface area contributed by atoms with E-state index in [1.165, 1.54) is 24.3 Å². The third-order valence-electron chi connectivity index (χ3n) is 3.59. The van der Waals surface area contributed by atoms with Crippen LogP contribution in [0.25, 0.3) is 0 Å². The van der Waals surface area contributed by atoms with Gasteiger partial charge in [0.25, 0.3) is 5.69 Å². The maximum absolute atomic E-state index is 11.3. The zero-order valence-corrected chi connectivity index (χ0v) is 12.3. The highest BCUT2D eigenvalue weighted by molar-refractivity contribution is 7.91. The molecule has 2 unspecified atom stereocenters. The van der Waals surface area contributed by atoms with Crippen molar-refractivity contribution in [3.63, 3.8) is 0 Å². The largest absolute Gasteiger partial charge is 0.387 e. The summed E-state index contributed by atoms with van der Waals surface area (Å²) in [6, 6.07) is 5.74. The molecule has 0 aliphatic carbocycles. The molecule has 2 atom stereocenters. The van der Waals surface area contributed by atoms with E-state index in [-0.39, 0.29) is 29.7 Å². The minimum absolute atomic E-state index is 0.0185. The van der Waals surface area contributed by atoms with Gasteiger partial charge in [-0.05, 0) is 36.6 Å². The number of non-ortho nitro benzene ring substituents is 1.